The highest BCUT2D eigenvalue weighted by Gasteiger charge is 2.41. The number of halogens is 7. The van der Waals surface area contributed by atoms with Gasteiger partial charge in [-0.3, -0.25) is 19.6 Å². The van der Waals surface area contributed by atoms with Gasteiger partial charge >= 0.3 is 24.4 Å². The van der Waals surface area contributed by atoms with E-state index in [-0.39, 0.29) is 43.7 Å². The van der Waals surface area contributed by atoms with Crippen molar-refractivity contribution in [2.24, 2.45) is 0 Å². The fourth-order valence-corrected chi connectivity index (χ4v) is 20.2. The largest absolute Gasteiger partial charge is 0.494 e. The van der Waals surface area contributed by atoms with E-state index >= 15 is 0 Å². The van der Waals surface area contributed by atoms with E-state index in [0.29, 0.717) is 118 Å². The molecule has 6 N–H and O–H groups in total. The number of nitrogens with one attached hydrogen (secondary N) is 4. The Bertz CT molecular complexity index is 6740. The third-order valence-corrected chi connectivity index (χ3v) is 27.2. The van der Waals surface area contributed by atoms with E-state index in [1.165, 1.54) is 50.0 Å². The highest BCUT2D eigenvalue weighted by Crippen LogP contribution is 2.46. The first kappa shape index (κ1) is 105. The molecule has 4 aromatic heterocycles. The molecule has 0 fully saturated rings. The Balaban J connectivity index is 0.000000144. The van der Waals surface area contributed by atoms with Gasteiger partial charge in [0.15, 0.2) is 18.2 Å². The number of carbonyl (C=O) groups is 4. The smallest absolute Gasteiger partial charge is 0.416 e. The maximum atomic E-state index is 14.5. The van der Waals surface area contributed by atoms with Gasteiger partial charge in [-0.2, -0.15) is 0 Å². The van der Waals surface area contributed by atoms with E-state index in [0.717, 1.165) is 164 Å². The molecule has 4 aliphatic rings. The maximum Gasteiger partial charge on any atom is 0.416 e. The highest BCUT2D eigenvalue weighted by atomic mass is 35.5. The van der Waals surface area contributed by atoms with Crippen molar-refractivity contribution >= 4 is 138 Å². The summed E-state index contributed by atoms with van der Waals surface area (Å²) in [6, 6.07) is 63.0. The molecule has 750 valence electrons. The summed E-state index contributed by atoms with van der Waals surface area (Å²) in [5, 5.41) is 26.7. The second kappa shape index (κ2) is 50.3. The van der Waals surface area contributed by atoms with Crippen molar-refractivity contribution in [3.8, 4) is 46.3 Å². The zero-order valence-corrected chi connectivity index (χ0v) is 85.6. The van der Waals surface area contributed by atoms with Crippen LogP contribution in [0.2, 0.25) is 30.1 Å². The van der Waals surface area contributed by atoms with E-state index in [9.17, 15) is 33.8 Å². The van der Waals surface area contributed by atoms with E-state index in [2.05, 4.69) is 81.4 Å². The van der Waals surface area contributed by atoms with Crippen molar-refractivity contribution < 1.29 is 71.7 Å². The first-order chi connectivity index (χ1) is 69.5. The Morgan fingerprint density at radius 2 is 0.713 bits per heavy atom. The van der Waals surface area contributed by atoms with Gasteiger partial charge in [-0.25, -0.2) is 23.6 Å². The number of amides is 4. The number of hydrogen-bond donors (Lipinski definition) is 6. The number of aliphatic hydroxyl groups excluding tert-OH is 2. The molecule has 0 bridgehead atoms. The average Bonchev–Trinajstić information content (AvgIpc) is 1.62. The molecule has 0 saturated heterocycles. The van der Waals surface area contributed by atoms with Gasteiger partial charge in [0.1, 0.15) is 59.0 Å². The standard InChI is InChI=1S/C33H37Cl2N3O3.C29H38ClN3O3.C27H24Cl2N2O5.C23H20ClFN2O3/c1-3-17-37(18-4-2)19-5-21-40-26-11-6-23(7-12-26)32-31-28(29-22-25(35)10-15-30(29)36-31)16-20-38(32)33(39)41-27-13-8-24(34)9-14-27;1-4-15-32(16-5-2)17-7-19-36-23-11-8-21(9-12-23)28-27-24(14-18-33(28)29(34)35-6-3)25-20-22(30)10-13-26(25)31-27;28-17-3-8-20(9-4-17)36-27(34)31-12-11-22-23-13-18(29)5-10-24(23)30-25(22)26(31)16-1-6-19(7-2-16)35-21(14-32)15-33;1-3-4-11-30-23(28)27-10-9-16-17-13-15(24)6-7-19(17)26-21(16)22(27)14-5-8-20(29-2)18(25)12-14/h6-15,22,32,36H,3-5,16-21H2,1-2H3;8-13,20,28,31H,4-7,14-19H2,1-3H3;1-10,13,21,26,30,32-33H,11-12,14-15H2;5-8,12-13,22,26H,9-11H2,1-2H3/t32-;28-;;/m00../s1. The number of ether oxygens (including phenoxy) is 8. The molecule has 2 unspecified atom stereocenters. The van der Waals surface area contributed by atoms with Gasteiger partial charge in [-0.1, -0.05) is 146 Å². The molecule has 143 heavy (non-hydrogen) atoms. The molecule has 0 radical (unpaired) electrons. The van der Waals surface area contributed by atoms with Crippen molar-refractivity contribution in [1.29, 1.82) is 0 Å². The zero-order chi connectivity index (χ0) is 101. The Morgan fingerprint density at radius 1 is 0.399 bits per heavy atom. The van der Waals surface area contributed by atoms with Crippen molar-refractivity contribution in [3.63, 3.8) is 0 Å². The predicted molar refractivity (Wildman–Crippen MR) is 564 cm³/mol. The molecule has 8 heterocycles. The molecule has 4 amide bonds. The number of fused-ring (bicyclic) bond motifs is 12. The molecule has 4 atom stereocenters. The number of methoxy groups -OCH3 is 1. The second-order valence-corrected chi connectivity index (χ2v) is 37.9. The van der Waals surface area contributed by atoms with E-state index < -0.39 is 42.3 Å². The lowest BCUT2D eigenvalue weighted by Crippen LogP contribution is -2.42. The minimum absolute atomic E-state index is 0.00466. The summed E-state index contributed by atoms with van der Waals surface area (Å²) < 4.78 is 59.5. The number of H-pyrrole nitrogens is 4. The Morgan fingerprint density at radius 3 is 1.03 bits per heavy atom. The van der Waals surface area contributed by atoms with Gasteiger partial charge in [0.2, 0.25) is 0 Å². The predicted octanol–water partition coefficient (Wildman–Crippen LogP) is 25.8. The van der Waals surface area contributed by atoms with Crippen molar-refractivity contribution in [3.05, 3.63) is 316 Å². The number of hydrogen-bond acceptors (Lipinski definition) is 16. The van der Waals surface area contributed by atoms with Crippen LogP contribution in [0.4, 0.5) is 23.6 Å². The van der Waals surface area contributed by atoms with Gasteiger partial charge < -0.3 is 77.8 Å². The van der Waals surface area contributed by atoms with Crippen molar-refractivity contribution in [2.45, 2.75) is 136 Å². The van der Waals surface area contributed by atoms with Gasteiger partial charge in [0.25, 0.3) is 0 Å². The summed E-state index contributed by atoms with van der Waals surface area (Å²) in [7, 11) is 1.41. The molecular weight excluding hydrogens is 1940 g/mol. The molecule has 31 heteroatoms. The second-order valence-electron chi connectivity index (χ2n) is 35.3. The van der Waals surface area contributed by atoms with Crippen molar-refractivity contribution in [1.82, 2.24) is 49.3 Å². The fourth-order valence-electron chi connectivity index (χ4n) is 19.3. The lowest BCUT2D eigenvalue weighted by molar-refractivity contribution is 0.0629. The molecule has 14 aromatic rings. The van der Waals surface area contributed by atoms with Crippen LogP contribution in [0.15, 0.2) is 212 Å². The Kier molecular flexibility index (Phi) is 36.9. The summed E-state index contributed by atoms with van der Waals surface area (Å²) in [4.78, 5) is 78.5. The van der Waals surface area contributed by atoms with E-state index in [1.807, 2.05) is 133 Å². The zero-order valence-electron chi connectivity index (χ0n) is 81.1. The number of benzene rings is 10. The number of nitrogens with zero attached hydrogens (tertiary/aromatic N) is 6. The van der Waals surface area contributed by atoms with Crippen LogP contribution in [0.5, 0.6) is 34.5 Å². The summed E-state index contributed by atoms with van der Waals surface area (Å²) in [5.74, 6) is 8.10. The minimum Gasteiger partial charge on any atom is -0.494 e. The summed E-state index contributed by atoms with van der Waals surface area (Å²) >= 11 is 37.1. The first-order valence-electron chi connectivity index (χ1n) is 48.7. The third kappa shape index (κ3) is 25.7. The fraction of sp³-hybridized carbons (Fsp3) is 0.339. The van der Waals surface area contributed by atoms with Crippen LogP contribution in [0.3, 0.4) is 0 Å². The number of rotatable bonds is 31. The van der Waals surface area contributed by atoms with Crippen LogP contribution < -0.4 is 28.4 Å². The van der Waals surface area contributed by atoms with Gasteiger partial charge in [-0.05, 0) is 319 Å². The SMILES string of the molecule is CC#CCOC(=O)N1CCc2c([nH]c3ccc(Cl)cc23)C1c1ccc(OC)c(F)c1.CCCN(CCC)CCCOc1ccc([C@H]2c3[nH]c4ccc(Cl)cc4c3CCN2C(=O)OCC)cc1.CCCN(CCC)CCCOc1ccc([C@H]2c3[nH]c4ccc(Cl)cc4c3CCN2C(=O)Oc2ccc(Cl)cc2)cc1.O=C(Oc1ccc(Cl)cc1)N1CCc2c([nH]c3ccc(Cl)cc23)C1c1ccc(OC(CO)CO)cc1. The topological polar surface area (TPSA) is 265 Å². The molecule has 0 spiro atoms. The van der Waals surface area contributed by atoms with Crippen molar-refractivity contribution in [2.75, 3.05) is 112 Å². The molecule has 10 aromatic carbocycles. The van der Waals surface area contributed by atoms with E-state index in [4.69, 9.17) is 108 Å². The monoisotopic (exact) mass is 2060 g/mol. The molecule has 24 nitrogen and oxygen atoms in total. The third-order valence-electron chi connectivity index (χ3n) is 25.8. The van der Waals surface area contributed by atoms with Gasteiger partial charge in [0.05, 0.1) is 40.1 Å². The summed E-state index contributed by atoms with van der Waals surface area (Å²) in [5.41, 5.74) is 15.6. The summed E-state index contributed by atoms with van der Waals surface area (Å²) in [6.07, 6.45) is 6.97. The lowest BCUT2D eigenvalue weighted by Gasteiger charge is -2.35. The van der Waals surface area contributed by atoms with Crippen LogP contribution in [0.1, 0.15) is 172 Å². The van der Waals surface area contributed by atoms with Crippen LogP contribution >= 0.6 is 69.6 Å². The van der Waals surface area contributed by atoms with Crippen LogP contribution in [0.25, 0.3) is 43.6 Å². The van der Waals surface area contributed by atoms with E-state index in [1.54, 1.807) is 94.4 Å². The maximum absolute atomic E-state index is 14.5. The summed E-state index contributed by atoms with van der Waals surface area (Å²) in [6.45, 7) is 22.1. The Labute approximate surface area is 862 Å². The van der Waals surface area contributed by atoms with Crippen LogP contribution in [0, 0.1) is 17.7 Å². The number of aromatic amines is 4. The molecular formula is C112H119Cl6FN10O14. The minimum atomic E-state index is -0.707. The highest BCUT2D eigenvalue weighted by molar-refractivity contribution is 6.33. The average molecular weight is 2060 g/mol. The normalized spacial score (nSPS) is 15.2. The molecule has 0 aliphatic carbocycles. The first-order valence-corrected chi connectivity index (χ1v) is 50.9. The molecule has 0 saturated carbocycles. The van der Waals surface area contributed by atoms with Crippen LogP contribution in [-0.2, 0) is 35.2 Å². The molecule has 4 aliphatic heterocycles. The van der Waals surface area contributed by atoms with Crippen LogP contribution in [-0.4, -0.2) is 202 Å². The number of carbonyl (C=O) groups excluding carboxylic acids is 4. The van der Waals surface area contributed by atoms with Gasteiger partial charge in [-0.15, -0.1) is 5.92 Å². The molecule has 18 rings (SSSR count). The van der Waals surface area contributed by atoms with Gasteiger partial charge in [0, 0.05) is 136 Å². The quantitative estimate of drug-likeness (QED) is 0.0174. The lowest BCUT2D eigenvalue weighted by atomic mass is 9.92. The number of aromatic nitrogens is 4. The Hall–Kier alpha value is -12.3. The number of aliphatic hydroxyl groups is 2.